The van der Waals surface area contributed by atoms with E-state index < -0.39 is 66.9 Å². The molecule has 0 aromatic carbocycles. The first-order valence-corrected chi connectivity index (χ1v) is 10.7. The Morgan fingerprint density at radius 2 is 1.83 bits per heavy atom. The summed E-state index contributed by atoms with van der Waals surface area (Å²) in [6.07, 6.45) is 2.05. The Morgan fingerprint density at radius 1 is 1.17 bits per heavy atom. The summed E-state index contributed by atoms with van der Waals surface area (Å²) in [7, 11) is 0. The molecule has 4 atom stereocenters. The number of amides is 3. The second kappa shape index (κ2) is 12.3. The van der Waals surface area contributed by atoms with Gasteiger partial charge in [0.1, 0.15) is 24.2 Å². The molecule has 1 heterocycles. The molecule has 30 heavy (non-hydrogen) atoms. The van der Waals surface area contributed by atoms with Crippen molar-refractivity contribution >= 4 is 41.4 Å². The number of carbonyl (C=O) groups is 5. The summed E-state index contributed by atoms with van der Waals surface area (Å²) < 4.78 is 0. The zero-order chi connectivity index (χ0) is 22.8. The molecule has 4 unspecified atom stereocenters. The van der Waals surface area contributed by atoms with Crippen LogP contribution in [0.25, 0.3) is 0 Å². The molecule has 3 amide bonds. The highest BCUT2D eigenvalue weighted by Crippen LogP contribution is 2.19. The Bertz CT molecular complexity index is 662. The van der Waals surface area contributed by atoms with Gasteiger partial charge in [-0.05, 0) is 31.3 Å². The predicted molar refractivity (Wildman–Crippen MR) is 107 cm³/mol. The van der Waals surface area contributed by atoms with Gasteiger partial charge in [0.2, 0.25) is 17.7 Å². The van der Waals surface area contributed by atoms with Crippen molar-refractivity contribution in [1.82, 2.24) is 15.5 Å². The number of hydrogen-bond acceptors (Lipinski definition) is 8. The van der Waals surface area contributed by atoms with Crippen molar-refractivity contribution in [3.63, 3.8) is 0 Å². The van der Waals surface area contributed by atoms with E-state index in [1.54, 1.807) is 6.26 Å². The number of hydrogen-bond donors (Lipinski definition) is 6. The molecule has 1 saturated heterocycles. The summed E-state index contributed by atoms with van der Waals surface area (Å²) in [5.74, 6) is -4.43. The summed E-state index contributed by atoms with van der Waals surface area (Å²) in [5.41, 5.74) is 5.55. The van der Waals surface area contributed by atoms with E-state index in [1.165, 1.54) is 16.7 Å². The number of aliphatic hydroxyl groups is 1. The maximum absolute atomic E-state index is 12.7. The number of carboxylic acids is 2. The average Bonchev–Trinajstić information content (AvgIpc) is 3.18. The van der Waals surface area contributed by atoms with Gasteiger partial charge in [0.25, 0.3) is 0 Å². The Labute approximate surface area is 177 Å². The van der Waals surface area contributed by atoms with Crippen LogP contribution in [0.2, 0.25) is 0 Å². The molecule has 170 valence electrons. The number of nitrogens with zero attached hydrogens (tertiary/aromatic N) is 1. The van der Waals surface area contributed by atoms with Crippen LogP contribution in [-0.2, 0) is 24.0 Å². The largest absolute Gasteiger partial charge is 0.481 e. The molecular weight excluding hydrogens is 420 g/mol. The van der Waals surface area contributed by atoms with Crippen LogP contribution in [0, 0.1) is 0 Å². The lowest BCUT2D eigenvalue weighted by atomic mass is 10.1. The van der Waals surface area contributed by atoms with E-state index in [4.69, 9.17) is 21.1 Å². The van der Waals surface area contributed by atoms with Crippen LogP contribution in [0.1, 0.15) is 25.7 Å². The molecule has 0 radical (unpaired) electrons. The third-order valence-corrected chi connectivity index (χ3v) is 5.23. The molecule has 0 aliphatic carbocycles. The van der Waals surface area contributed by atoms with Crippen LogP contribution < -0.4 is 16.4 Å². The quantitative estimate of drug-likeness (QED) is 0.187. The third kappa shape index (κ3) is 7.46. The number of thioether (sulfide) groups is 1. The van der Waals surface area contributed by atoms with E-state index in [0.29, 0.717) is 18.6 Å². The van der Waals surface area contributed by atoms with Gasteiger partial charge in [0, 0.05) is 6.54 Å². The summed E-state index contributed by atoms with van der Waals surface area (Å²) in [6.45, 7) is -0.283. The molecule has 1 aliphatic rings. The molecule has 12 nitrogen and oxygen atoms in total. The van der Waals surface area contributed by atoms with Crippen LogP contribution in [0.5, 0.6) is 0 Å². The van der Waals surface area contributed by atoms with Crippen molar-refractivity contribution in [2.24, 2.45) is 5.73 Å². The molecule has 7 N–H and O–H groups in total. The summed E-state index contributed by atoms with van der Waals surface area (Å²) in [4.78, 5) is 60.8. The Balaban J connectivity index is 2.88. The molecule has 1 aliphatic heterocycles. The monoisotopic (exact) mass is 448 g/mol. The van der Waals surface area contributed by atoms with Gasteiger partial charge in [-0.25, -0.2) is 4.79 Å². The molecule has 1 rings (SSSR count). The number of likely N-dealkylation sites (tertiary alicyclic amines) is 1. The van der Waals surface area contributed by atoms with Gasteiger partial charge in [-0.2, -0.15) is 11.8 Å². The third-order valence-electron chi connectivity index (χ3n) is 4.59. The highest BCUT2D eigenvalue weighted by Gasteiger charge is 2.37. The lowest BCUT2D eigenvalue weighted by Gasteiger charge is -2.28. The van der Waals surface area contributed by atoms with E-state index in [0.717, 1.165) is 0 Å². The Hall–Kier alpha value is -2.38. The molecule has 0 aromatic heterocycles. The van der Waals surface area contributed by atoms with Crippen molar-refractivity contribution in [3.8, 4) is 0 Å². The second-order valence-electron chi connectivity index (χ2n) is 6.82. The van der Waals surface area contributed by atoms with E-state index in [9.17, 15) is 24.0 Å². The number of rotatable bonds is 12. The highest BCUT2D eigenvalue weighted by atomic mass is 32.2. The fourth-order valence-corrected chi connectivity index (χ4v) is 3.49. The van der Waals surface area contributed by atoms with E-state index in [1.807, 2.05) is 0 Å². The number of carboxylic acid groups (broad SMARTS) is 2. The normalized spacial score (nSPS) is 18.9. The van der Waals surface area contributed by atoms with Gasteiger partial charge in [-0.1, -0.05) is 0 Å². The van der Waals surface area contributed by atoms with Crippen molar-refractivity contribution < 1.29 is 39.3 Å². The lowest BCUT2D eigenvalue weighted by molar-refractivity contribution is -0.147. The van der Waals surface area contributed by atoms with Crippen LogP contribution in [0.4, 0.5) is 0 Å². The van der Waals surface area contributed by atoms with E-state index in [-0.39, 0.29) is 13.0 Å². The number of aliphatic hydroxyl groups excluding tert-OH is 1. The highest BCUT2D eigenvalue weighted by molar-refractivity contribution is 7.98. The number of aliphatic carboxylic acids is 2. The zero-order valence-electron chi connectivity index (χ0n) is 16.6. The summed E-state index contributed by atoms with van der Waals surface area (Å²) in [5, 5.41) is 31.7. The summed E-state index contributed by atoms with van der Waals surface area (Å²) in [6, 6.07) is -4.77. The number of nitrogens with one attached hydrogen (secondary N) is 2. The molecule has 0 saturated carbocycles. The topological polar surface area (TPSA) is 199 Å². The molecule has 0 spiro atoms. The van der Waals surface area contributed by atoms with E-state index in [2.05, 4.69) is 10.6 Å². The van der Waals surface area contributed by atoms with Gasteiger partial charge in [-0.15, -0.1) is 0 Å². The number of carbonyl (C=O) groups excluding carboxylic acids is 3. The zero-order valence-corrected chi connectivity index (χ0v) is 17.4. The SMILES string of the molecule is CSCCC(NC(=O)C1CCCN1C(=O)C(N)CO)C(=O)NC(CC(=O)O)C(=O)O. The summed E-state index contributed by atoms with van der Waals surface area (Å²) >= 11 is 1.40. The van der Waals surface area contributed by atoms with Crippen LogP contribution >= 0.6 is 11.8 Å². The maximum atomic E-state index is 12.7. The van der Waals surface area contributed by atoms with Crippen molar-refractivity contribution in [2.75, 3.05) is 25.2 Å². The molecule has 0 aromatic rings. The average molecular weight is 448 g/mol. The smallest absolute Gasteiger partial charge is 0.326 e. The molecule has 13 heteroatoms. The lowest BCUT2D eigenvalue weighted by Crippen LogP contribution is -2.57. The molecule has 0 bridgehead atoms. The standard InChI is InChI=1S/C17H28N4O8S/c1-30-6-4-10(14(25)20-11(17(28)29)7-13(23)24)19-15(26)12-3-2-5-21(12)16(27)9(18)8-22/h9-12,22H,2-8,18H2,1H3,(H,19,26)(H,20,25)(H,23,24)(H,28,29). The van der Waals surface area contributed by atoms with Gasteiger partial charge in [0.05, 0.1) is 13.0 Å². The maximum Gasteiger partial charge on any atom is 0.326 e. The minimum Gasteiger partial charge on any atom is -0.481 e. The fourth-order valence-electron chi connectivity index (χ4n) is 3.01. The van der Waals surface area contributed by atoms with Crippen molar-refractivity contribution in [3.05, 3.63) is 0 Å². The second-order valence-corrected chi connectivity index (χ2v) is 7.80. The van der Waals surface area contributed by atoms with Crippen molar-refractivity contribution in [1.29, 1.82) is 0 Å². The minimum atomic E-state index is -1.64. The van der Waals surface area contributed by atoms with Crippen LogP contribution in [0.3, 0.4) is 0 Å². The van der Waals surface area contributed by atoms with Gasteiger partial charge in [0.15, 0.2) is 0 Å². The first-order valence-electron chi connectivity index (χ1n) is 9.33. The van der Waals surface area contributed by atoms with E-state index >= 15 is 0 Å². The minimum absolute atomic E-state index is 0.176. The van der Waals surface area contributed by atoms with Crippen LogP contribution in [0.15, 0.2) is 0 Å². The number of nitrogens with two attached hydrogens (primary N) is 1. The van der Waals surface area contributed by atoms with Crippen LogP contribution in [-0.4, -0.2) is 99.2 Å². The Kier molecular flexibility index (Phi) is 10.6. The fraction of sp³-hybridized carbons (Fsp3) is 0.706. The molecule has 1 fully saturated rings. The van der Waals surface area contributed by atoms with Crippen molar-refractivity contribution in [2.45, 2.75) is 49.9 Å². The van der Waals surface area contributed by atoms with Gasteiger partial charge < -0.3 is 36.6 Å². The van der Waals surface area contributed by atoms with Gasteiger partial charge >= 0.3 is 11.9 Å². The predicted octanol–water partition coefficient (Wildman–Crippen LogP) is -2.42. The Morgan fingerprint density at radius 3 is 2.37 bits per heavy atom. The molecular formula is C17H28N4O8S. The first-order chi connectivity index (χ1) is 14.1. The van der Waals surface area contributed by atoms with Gasteiger partial charge in [-0.3, -0.25) is 19.2 Å². The first kappa shape index (κ1) is 25.7.